The molecule has 0 aliphatic rings. The maximum atomic E-state index is 8.71. The van der Waals surface area contributed by atoms with E-state index in [1.165, 1.54) is 0 Å². The van der Waals surface area contributed by atoms with Gasteiger partial charge in [-0.05, 0) is 19.4 Å². The first-order chi connectivity index (χ1) is 7.67. The van der Waals surface area contributed by atoms with Crippen LogP contribution in [-0.4, -0.2) is 17.3 Å². The molecule has 1 rings (SSSR count). The van der Waals surface area contributed by atoms with E-state index < -0.39 is 0 Å². The smallest absolute Gasteiger partial charge is 0.214 e. The average molecular weight is 217 g/mol. The molecule has 0 aromatic carbocycles. The molecule has 0 amide bonds. The molecule has 4 heteroatoms. The van der Waals surface area contributed by atoms with E-state index >= 15 is 0 Å². The van der Waals surface area contributed by atoms with Crippen LogP contribution in [0.3, 0.4) is 0 Å². The second-order valence-corrected chi connectivity index (χ2v) is 3.59. The maximum absolute atomic E-state index is 8.71. The third kappa shape index (κ3) is 3.35. The van der Waals surface area contributed by atoms with E-state index in [0.717, 1.165) is 6.42 Å². The van der Waals surface area contributed by atoms with E-state index in [1.54, 1.807) is 25.3 Å². The number of hydrogen-bond acceptors (Lipinski definition) is 4. The van der Waals surface area contributed by atoms with Gasteiger partial charge in [-0.1, -0.05) is 6.92 Å². The van der Waals surface area contributed by atoms with Crippen molar-refractivity contribution in [3.63, 3.8) is 0 Å². The summed E-state index contributed by atoms with van der Waals surface area (Å²) in [4.78, 5) is 4.01. The van der Waals surface area contributed by atoms with Crippen molar-refractivity contribution < 1.29 is 4.74 Å². The molecule has 0 spiro atoms. The largest absolute Gasteiger partial charge is 0.477 e. The molecule has 1 heterocycles. The molecule has 0 saturated carbocycles. The second kappa shape index (κ2) is 5.86. The minimum absolute atomic E-state index is 0.118. The first kappa shape index (κ1) is 12.2. The minimum atomic E-state index is 0.118. The van der Waals surface area contributed by atoms with Crippen molar-refractivity contribution in [3.8, 4) is 11.9 Å². The molecule has 0 aliphatic carbocycles. The quantitative estimate of drug-likeness (QED) is 0.770. The van der Waals surface area contributed by atoms with Gasteiger partial charge in [0.2, 0.25) is 5.88 Å². The summed E-state index contributed by atoms with van der Waals surface area (Å²) in [6.45, 7) is 4.23. The fourth-order valence-corrected chi connectivity index (χ4v) is 1.29. The summed E-state index contributed by atoms with van der Waals surface area (Å²) in [6, 6.07) is 5.26. The molecule has 0 bridgehead atoms. The van der Waals surface area contributed by atoms with Gasteiger partial charge in [-0.15, -0.1) is 0 Å². The van der Waals surface area contributed by atoms with Gasteiger partial charge in [-0.2, -0.15) is 5.26 Å². The normalized spacial score (nSPS) is 11.6. The number of hydrogen-bond donors (Lipinski definition) is 1. The number of rotatable bonds is 5. The van der Waals surface area contributed by atoms with E-state index in [9.17, 15) is 0 Å². The van der Waals surface area contributed by atoms with Gasteiger partial charge in [0.1, 0.15) is 0 Å². The fraction of sp³-hybridized carbons (Fsp3) is 0.417. The van der Waals surface area contributed by atoms with Crippen molar-refractivity contribution >= 4 is 5.71 Å². The Hall–Kier alpha value is -1.89. The van der Waals surface area contributed by atoms with Crippen LogP contribution in [0.25, 0.3) is 0 Å². The van der Waals surface area contributed by atoms with Crippen molar-refractivity contribution in [2.24, 2.45) is 5.92 Å². The van der Waals surface area contributed by atoms with Crippen LogP contribution in [0.15, 0.2) is 18.3 Å². The SMILES string of the molecule is CCC(COc1cc(C#N)ccn1)C(C)=N. The van der Waals surface area contributed by atoms with Crippen LogP contribution in [-0.2, 0) is 0 Å². The van der Waals surface area contributed by atoms with Gasteiger partial charge < -0.3 is 10.1 Å². The molecular weight excluding hydrogens is 202 g/mol. The Balaban J connectivity index is 2.60. The average Bonchev–Trinajstić information content (AvgIpc) is 2.29. The molecule has 1 aromatic heterocycles. The molecule has 1 N–H and O–H groups in total. The van der Waals surface area contributed by atoms with Crippen molar-refractivity contribution in [1.82, 2.24) is 4.98 Å². The third-order valence-electron chi connectivity index (χ3n) is 2.40. The lowest BCUT2D eigenvalue weighted by Crippen LogP contribution is -2.18. The van der Waals surface area contributed by atoms with E-state index in [0.29, 0.717) is 23.8 Å². The highest BCUT2D eigenvalue weighted by Crippen LogP contribution is 2.11. The summed E-state index contributed by atoms with van der Waals surface area (Å²) < 4.78 is 5.46. The molecule has 0 radical (unpaired) electrons. The van der Waals surface area contributed by atoms with Crippen LogP contribution in [0, 0.1) is 22.7 Å². The summed E-state index contributed by atoms with van der Waals surface area (Å²) >= 11 is 0. The molecule has 1 aromatic rings. The summed E-state index contributed by atoms with van der Waals surface area (Å²) in [7, 11) is 0. The Bertz CT molecular complexity index is 409. The van der Waals surface area contributed by atoms with Gasteiger partial charge >= 0.3 is 0 Å². The van der Waals surface area contributed by atoms with Gasteiger partial charge in [-0.3, -0.25) is 0 Å². The Kier molecular flexibility index (Phi) is 4.46. The fourth-order valence-electron chi connectivity index (χ4n) is 1.29. The summed E-state index contributed by atoms with van der Waals surface area (Å²) in [6.07, 6.45) is 2.42. The highest BCUT2D eigenvalue weighted by Gasteiger charge is 2.09. The van der Waals surface area contributed by atoms with Crippen molar-refractivity contribution in [3.05, 3.63) is 23.9 Å². The van der Waals surface area contributed by atoms with E-state index in [1.807, 2.05) is 13.0 Å². The van der Waals surface area contributed by atoms with Crippen LogP contribution >= 0.6 is 0 Å². The Morgan fingerprint density at radius 1 is 1.69 bits per heavy atom. The summed E-state index contributed by atoms with van der Waals surface area (Å²) in [5, 5.41) is 16.2. The Labute approximate surface area is 95.4 Å². The molecular formula is C12H15N3O. The molecule has 4 nitrogen and oxygen atoms in total. The van der Waals surface area contributed by atoms with Crippen LogP contribution < -0.4 is 4.74 Å². The molecule has 0 fully saturated rings. The minimum Gasteiger partial charge on any atom is -0.477 e. The van der Waals surface area contributed by atoms with E-state index in [-0.39, 0.29) is 5.92 Å². The van der Waals surface area contributed by atoms with Crippen molar-refractivity contribution in [2.75, 3.05) is 6.61 Å². The molecule has 84 valence electrons. The molecule has 16 heavy (non-hydrogen) atoms. The zero-order valence-electron chi connectivity index (χ0n) is 9.53. The number of nitrogens with one attached hydrogen (secondary N) is 1. The predicted molar refractivity (Wildman–Crippen MR) is 61.6 cm³/mol. The number of aromatic nitrogens is 1. The summed E-state index contributed by atoms with van der Waals surface area (Å²) in [5.41, 5.74) is 1.14. The summed E-state index contributed by atoms with van der Waals surface area (Å²) in [5.74, 6) is 0.561. The highest BCUT2D eigenvalue weighted by molar-refractivity contribution is 5.81. The number of nitriles is 1. The maximum Gasteiger partial charge on any atom is 0.214 e. The van der Waals surface area contributed by atoms with Crippen molar-refractivity contribution in [2.45, 2.75) is 20.3 Å². The molecule has 1 unspecified atom stereocenters. The second-order valence-electron chi connectivity index (χ2n) is 3.59. The lowest BCUT2D eigenvalue weighted by molar-refractivity contribution is 0.270. The number of ether oxygens (including phenoxy) is 1. The monoisotopic (exact) mass is 217 g/mol. The first-order valence-corrected chi connectivity index (χ1v) is 5.21. The molecule has 0 saturated heterocycles. The molecule has 0 aliphatic heterocycles. The van der Waals surface area contributed by atoms with E-state index in [4.69, 9.17) is 15.4 Å². The zero-order chi connectivity index (χ0) is 12.0. The zero-order valence-corrected chi connectivity index (χ0v) is 9.53. The number of nitrogens with zero attached hydrogens (tertiary/aromatic N) is 2. The lowest BCUT2D eigenvalue weighted by Gasteiger charge is -2.13. The standard InChI is InChI=1S/C12H15N3O/c1-3-11(9(2)14)8-16-12-6-10(7-13)4-5-15-12/h4-6,11,14H,3,8H2,1-2H3. The third-order valence-corrected chi connectivity index (χ3v) is 2.40. The van der Waals surface area contributed by atoms with Crippen LogP contribution in [0.4, 0.5) is 0 Å². The first-order valence-electron chi connectivity index (χ1n) is 5.21. The van der Waals surface area contributed by atoms with Gasteiger partial charge in [-0.25, -0.2) is 4.98 Å². The van der Waals surface area contributed by atoms with Gasteiger partial charge in [0.15, 0.2) is 0 Å². The van der Waals surface area contributed by atoms with Crippen LogP contribution in [0.5, 0.6) is 5.88 Å². The Morgan fingerprint density at radius 2 is 2.44 bits per heavy atom. The van der Waals surface area contributed by atoms with E-state index in [2.05, 4.69) is 4.98 Å². The lowest BCUT2D eigenvalue weighted by atomic mass is 10.0. The van der Waals surface area contributed by atoms with Gasteiger partial charge in [0, 0.05) is 23.9 Å². The van der Waals surface area contributed by atoms with Crippen LogP contribution in [0.2, 0.25) is 0 Å². The van der Waals surface area contributed by atoms with Gasteiger partial charge in [0.25, 0.3) is 0 Å². The topological polar surface area (TPSA) is 69.8 Å². The van der Waals surface area contributed by atoms with Crippen molar-refractivity contribution in [1.29, 1.82) is 10.7 Å². The highest BCUT2D eigenvalue weighted by atomic mass is 16.5. The number of pyridine rings is 1. The molecule has 1 atom stereocenters. The predicted octanol–water partition coefficient (Wildman–Crippen LogP) is 2.40. The Morgan fingerprint density at radius 3 is 3.00 bits per heavy atom. The van der Waals surface area contributed by atoms with Gasteiger partial charge in [0.05, 0.1) is 18.2 Å². The van der Waals surface area contributed by atoms with Crippen LogP contribution in [0.1, 0.15) is 25.8 Å².